The molecule has 0 bridgehead atoms. The monoisotopic (exact) mass is 313 g/mol. The molecule has 120 valence electrons. The molecule has 2 aromatic rings. The third-order valence-corrected chi connectivity index (χ3v) is 3.44. The summed E-state index contributed by atoms with van der Waals surface area (Å²) >= 11 is 0. The smallest absolute Gasteiger partial charge is 0.321 e. The molecule has 0 aliphatic carbocycles. The van der Waals surface area contributed by atoms with Gasteiger partial charge in [-0.2, -0.15) is 0 Å². The van der Waals surface area contributed by atoms with Crippen LogP contribution >= 0.6 is 0 Å². The van der Waals surface area contributed by atoms with Crippen LogP contribution < -0.4 is 20.3 Å². The number of aromatic nitrogens is 2. The number of carbonyl (C=O) groups is 1. The molecule has 2 N–H and O–H groups in total. The number of hydrogen-bond acceptors (Lipinski definition) is 5. The topological polar surface area (TPSA) is 79.4 Å². The number of anilines is 3. The van der Waals surface area contributed by atoms with Crippen LogP contribution in [-0.4, -0.2) is 35.7 Å². The first-order valence-electron chi connectivity index (χ1n) is 7.63. The Bertz CT molecular complexity index is 692. The number of hydrogen-bond donors (Lipinski definition) is 2. The zero-order valence-electron chi connectivity index (χ0n) is 13.0. The second-order valence-corrected chi connectivity index (χ2v) is 5.09. The number of ether oxygens (including phenoxy) is 1. The highest BCUT2D eigenvalue weighted by Gasteiger charge is 2.19. The van der Waals surface area contributed by atoms with Gasteiger partial charge in [-0.25, -0.2) is 14.8 Å². The van der Waals surface area contributed by atoms with E-state index in [4.69, 9.17) is 4.74 Å². The van der Waals surface area contributed by atoms with Gasteiger partial charge in [0.25, 0.3) is 0 Å². The standard InChI is InChI=1S/C16H19N5O2/c1-2-23-15-10-14(18-11-19-15)20-12-5-3-6-13(9-12)21-8-4-7-17-16(21)22/h3,5-6,9-11H,2,4,7-8H2,1H3,(H,17,22)(H,18,19,20). The van der Waals surface area contributed by atoms with Crippen LogP contribution in [0.5, 0.6) is 5.88 Å². The molecule has 1 saturated heterocycles. The maximum absolute atomic E-state index is 11.9. The van der Waals surface area contributed by atoms with E-state index < -0.39 is 0 Å². The molecule has 1 aromatic heterocycles. The summed E-state index contributed by atoms with van der Waals surface area (Å²) in [4.78, 5) is 21.9. The van der Waals surface area contributed by atoms with Gasteiger partial charge in [0.2, 0.25) is 5.88 Å². The minimum Gasteiger partial charge on any atom is -0.478 e. The molecule has 2 heterocycles. The van der Waals surface area contributed by atoms with Crippen molar-refractivity contribution >= 4 is 23.2 Å². The second kappa shape index (κ2) is 6.95. The first-order chi connectivity index (χ1) is 11.3. The van der Waals surface area contributed by atoms with Crippen LogP contribution in [0, 0.1) is 0 Å². The Morgan fingerprint density at radius 3 is 3.09 bits per heavy atom. The van der Waals surface area contributed by atoms with Crippen LogP contribution in [0.15, 0.2) is 36.7 Å². The van der Waals surface area contributed by atoms with Crippen molar-refractivity contribution in [1.29, 1.82) is 0 Å². The Balaban J connectivity index is 1.77. The fourth-order valence-corrected chi connectivity index (χ4v) is 2.41. The Morgan fingerprint density at radius 1 is 1.35 bits per heavy atom. The molecule has 0 atom stereocenters. The lowest BCUT2D eigenvalue weighted by Crippen LogP contribution is -2.46. The Hall–Kier alpha value is -2.83. The number of rotatable bonds is 5. The molecular formula is C16H19N5O2. The average molecular weight is 313 g/mol. The Morgan fingerprint density at radius 2 is 2.26 bits per heavy atom. The molecule has 1 aromatic carbocycles. The van der Waals surface area contributed by atoms with Crippen LogP contribution in [0.2, 0.25) is 0 Å². The predicted molar refractivity (Wildman–Crippen MR) is 88.3 cm³/mol. The first kappa shape index (κ1) is 15.1. The molecule has 23 heavy (non-hydrogen) atoms. The maximum atomic E-state index is 11.9. The van der Waals surface area contributed by atoms with Crippen molar-refractivity contribution in [2.45, 2.75) is 13.3 Å². The highest BCUT2D eigenvalue weighted by molar-refractivity contribution is 5.93. The van der Waals surface area contributed by atoms with E-state index in [1.54, 1.807) is 11.0 Å². The van der Waals surface area contributed by atoms with E-state index in [-0.39, 0.29) is 6.03 Å². The summed E-state index contributed by atoms with van der Waals surface area (Å²) in [5, 5.41) is 6.06. The van der Waals surface area contributed by atoms with Crippen LogP contribution in [0.25, 0.3) is 0 Å². The van der Waals surface area contributed by atoms with Gasteiger partial charge in [0.15, 0.2) is 0 Å². The van der Waals surface area contributed by atoms with E-state index in [0.717, 1.165) is 30.9 Å². The second-order valence-electron chi connectivity index (χ2n) is 5.09. The molecule has 0 spiro atoms. The number of nitrogens with one attached hydrogen (secondary N) is 2. The van der Waals surface area contributed by atoms with Crippen molar-refractivity contribution in [1.82, 2.24) is 15.3 Å². The third kappa shape index (κ3) is 3.68. The summed E-state index contributed by atoms with van der Waals surface area (Å²) in [6.07, 6.45) is 2.39. The summed E-state index contributed by atoms with van der Waals surface area (Å²) < 4.78 is 5.36. The van der Waals surface area contributed by atoms with Crippen molar-refractivity contribution < 1.29 is 9.53 Å². The number of carbonyl (C=O) groups excluding carboxylic acids is 1. The molecule has 3 rings (SSSR count). The number of urea groups is 1. The van der Waals surface area contributed by atoms with Gasteiger partial charge in [0.1, 0.15) is 12.1 Å². The normalized spacial score (nSPS) is 14.3. The van der Waals surface area contributed by atoms with Crippen LogP contribution in [0.1, 0.15) is 13.3 Å². The maximum Gasteiger partial charge on any atom is 0.321 e. The van der Waals surface area contributed by atoms with Gasteiger partial charge in [-0.05, 0) is 31.5 Å². The van der Waals surface area contributed by atoms with E-state index in [1.807, 2.05) is 31.2 Å². The van der Waals surface area contributed by atoms with Gasteiger partial charge in [-0.1, -0.05) is 6.07 Å². The molecular weight excluding hydrogens is 294 g/mol. The lowest BCUT2D eigenvalue weighted by atomic mass is 10.2. The van der Waals surface area contributed by atoms with Gasteiger partial charge >= 0.3 is 6.03 Å². The summed E-state index contributed by atoms with van der Waals surface area (Å²) in [6, 6.07) is 9.35. The van der Waals surface area contributed by atoms with Crippen molar-refractivity contribution in [3.8, 4) is 5.88 Å². The summed E-state index contributed by atoms with van der Waals surface area (Å²) in [6.45, 7) is 3.91. The van der Waals surface area contributed by atoms with Gasteiger partial charge < -0.3 is 15.4 Å². The number of amides is 2. The molecule has 0 radical (unpaired) electrons. The minimum absolute atomic E-state index is 0.0610. The molecule has 7 heteroatoms. The molecule has 1 fully saturated rings. The predicted octanol–water partition coefficient (Wildman–Crippen LogP) is 2.54. The molecule has 1 aliphatic rings. The average Bonchev–Trinajstić information content (AvgIpc) is 2.56. The van der Waals surface area contributed by atoms with E-state index in [0.29, 0.717) is 18.3 Å². The lowest BCUT2D eigenvalue weighted by Gasteiger charge is -2.27. The third-order valence-electron chi connectivity index (χ3n) is 3.44. The largest absolute Gasteiger partial charge is 0.478 e. The van der Waals surface area contributed by atoms with Crippen molar-refractivity contribution in [3.63, 3.8) is 0 Å². The number of nitrogens with zero attached hydrogens (tertiary/aromatic N) is 3. The van der Waals surface area contributed by atoms with Crippen LogP contribution in [0.4, 0.5) is 22.0 Å². The van der Waals surface area contributed by atoms with Gasteiger partial charge in [-0.15, -0.1) is 0 Å². The molecule has 0 saturated carbocycles. The van der Waals surface area contributed by atoms with Crippen molar-refractivity contribution in [3.05, 3.63) is 36.7 Å². The van der Waals surface area contributed by atoms with E-state index in [2.05, 4.69) is 20.6 Å². The molecule has 2 amide bonds. The van der Waals surface area contributed by atoms with Crippen molar-refractivity contribution in [2.75, 3.05) is 29.9 Å². The Kier molecular flexibility index (Phi) is 4.56. The van der Waals surface area contributed by atoms with Crippen LogP contribution in [0.3, 0.4) is 0 Å². The highest BCUT2D eigenvalue weighted by atomic mass is 16.5. The van der Waals surface area contributed by atoms with Crippen LogP contribution in [-0.2, 0) is 0 Å². The van der Waals surface area contributed by atoms with E-state index >= 15 is 0 Å². The quantitative estimate of drug-likeness (QED) is 0.887. The molecule has 7 nitrogen and oxygen atoms in total. The summed E-state index contributed by atoms with van der Waals surface area (Å²) in [7, 11) is 0. The van der Waals surface area contributed by atoms with Gasteiger partial charge in [0, 0.05) is 30.5 Å². The van der Waals surface area contributed by atoms with Gasteiger partial charge in [0.05, 0.1) is 6.61 Å². The van der Waals surface area contributed by atoms with E-state index in [9.17, 15) is 4.79 Å². The fraction of sp³-hybridized carbons (Fsp3) is 0.312. The summed E-state index contributed by atoms with van der Waals surface area (Å²) in [5.41, 5.74) is 1.70. The SMILES string of the molecule is CCOc1cc(Nc2cccc(N3CCCNC3=O)c2)ncn1. The fourth-order valence-electron chi connectivity index (χ4n) is 2.41. The summed E-state index contributed by atoms with van der Waals surface area (Å²) in [5.74, 6) is 1.17. The van der Waals surface area contributed by atoms with Crippen molar-refractivity contribution in [2.24, 2.45) is 0 Å². The van der Waals surface area contributed by atoms with E-state index in [1.165, 1.54) is 6.33 Å². The molecule has 0 unspecified atom stereocenters. The zero-order valence-corrected chi connectivity index (χ0v) is 13.0. The lowest BCUT2D eigenvalue weighted by molar-refractivity contribution is 0.243. The van der Waals surface area contributed by atoms with Gasteiger partial charge in [-0.3, -0.25) is 4.90 Å². The molecule has 1 aliphatic heterocycles. The minimum atomic E-state index is -0.0610. The Labute approximate surface area is 134 Å². The zero-order chi connectivity index (χ0) is 16.1. The first-order valence-corrected chi connectivity index (χ1v) is 7.63. The number of benzene rings is 1. The highest BCUT2D eigenvalue weighted by Crippen LogP contribution is 2.24.